The quantitative estimate of drug-likeness (QED) is 0.778. The molecule has 0 aliphatic carbocycles. The number of rotatable bonds is 7. The van der Waals surface area contributed by atoms with E-state index in [1.54, 1.807) is 26.0 Å². The molecule has 2 N–H and O–H groups in total. The smallest absolute Gasteiger partial charge is 0.251 e. The lowest BCUT2D eigenvalue weighted by Gasteiger charge is -2.21. The molecule has 2 aromatic rings. The van der Waals surface area contributed by atoms with Gasteiger partial charge in [0.15, 0.2) is 0 Å². The second kappa shape index (κ2) is 7.81. The molecule has 1 heterocycles. The fourth-order valence-corrected chi connectivity index (χ4v) is 3.53. The maximum atomic E-state index is 12.5. The summed E-state index contributed by atoms with van der Waals surface area (Å²) in [5.74, 6) is -0.134. The number of carbonyl (C=O) groups is 1. The monoisotopic (exact) mass is 366 g/mol. The van der Waals surface area contributed by atoms with Gasteiger partial charge in [0.05, 0.1) is 17.7 Å². The topological polar surface area (TPSA) is 99.9 Å². The van der Waals surface area contributed by atoms with Crippen molar-refractivity contribution in [3.8, 4) is 0 Å². The standard InChI is InChI=1S/C17H22N2O5S/c1-12(2)19(3)25(22,23)14-7-4-6-13(10-14)17(21)18-11-15(20)16-8-5-9-24-16/h4-10,12,15,20H,11H2,1-3H3,(H,18,21). The minimum Gasteiger partial charge on any atom is -0.467 e. The van der Waals surface area contributed by atoms with Crippen LogP contribution in [0.25, 0.3) is 0 Å². The first-order chi connectivity index (χ1) is 11.7. The van der Waals surface area contributed by atoms with Crippen molar-refractivity contribution in [2.24, 2.45) is 0 Å². The Kier molecular flexibility index (Phi) is 5.99. The maximum Gasteiger partial charge on any atom is 0.251 e. The number of aliphatic hydroxyl groups excluding tert-OH is 1. The number of carbonyl (C=O) groups excluding carboxylic acids is 1. The number of hydrogen-bond donors (Lipinski definition) is 2. The molecule has 7 nitrogen and oxygen atoms in total. The van der Waals surface area contributed by atoms with E-state index in [2.05, 4.69) is 5.32 Å². The van der Waals surface area contributed by atoms with Gasteiger partial charge in [0.25, 0.3) is 5.91 Å². The predicted octanol–water partition coefficient (Wildman–Crippen LogP) is 1.77. The van der Waals surface area contributed by atoms with E-state index in [9.17, 15) is 18.3 Å². The van der Waals surface area contributed by atoms with Gasteiger partial charge in [-0.25, -0.2) is 8.42 Å². The van der Waals surface area contributed by atoms with Crippen molar-refractivity contribution in [3.05, 3.63) is 54.0 Å². The van der Waals surface area contributed by atoms with Gasteiger partial charge in [-0.3, -0.25) is 4.79 Å². The second-order valence-corrected chi connectivity index (χ2v) is 7.88. The Morgan fingerprint density at radius 2 is 2.00 bits per heavy atom. The lowest BCUT2D eigenvalue weighted by atomic mass is 10.2. The normalized spacial score (nSPS) is 13.2. The van der Waals surface area contributed by atoms with Gasteiger partial charge in [0, 0.05) is 18.7 Å². The molecule has 1 amide bonds. The molecule has 25 heavy (non-hydrogen) atoms. The zero-order chi connectivity index (χ0) is 18.6. The lowest BCUT2D eigenvalue weighted by Crippen LogP contribution is -2.33. The number of nitrogens with one attached hydrogen (secondary N) is 1. The van der Waals surface area contributed by atoms with E-state index in [0.717, 1.165) is 0 Å². The summed E-state index contributed by atoms with van der Waals surface area (Å²) in [5, 5.41) is 12.5. The molecule has 1 unspecified atom stereocenters. The van der Waals surface area contributed by atoms with Crippen LogP contribution in [0, 0.1) is 0 Å². The number of amides is 1. The van der Waals surface area contributed by atoms with Gasteiger partial charge in [-0.15, -0.1) is 0 Å². The first kappa shape index (κ1) is 19.2. The summed E-state index contributed by atoms with van der Waals surface area (Å²) < 4.78 is 31.3. The van der Waals surface area contributed by atoms with Crippen molar-refractivity contribution < 1.29 is 22.7 Å². The summed E-state index contributed by atoms with van der Waals surface area (Å²) >= 11 is 0. The highest BCUT2D eigenvalue weighted by atomic mass is 32.2. The number of benzene rings is 1. The van der Waals surface area contributed by atoms with Gasteiger partial charge in [-0.05, 0) is 44.2 Å². The van der Waals surface area contributed by atoms with Crippen molar-refractivity contribution in [2.45, 2.75) is 30.9 Å². The minimum atomic E-state index is -3.67. The molecule has 0 saturated heterocycles. The van der Waals surface area contributed by atoms with Crippen LogP contribution in [0.3, 0.4) is 0 Å². The average molecular weight is 366 g/mol. The fourth-order valence-electron chi connectivity index (χ4n) is 2.11. The third-order valence-electron chi connectivity index (χ3n) is 3.83. The molecule has 0 fully saturated rings. The fraction of sp³-hybridized carbons (Fsp3) is 0.353. The van der Waals surface area contributed by atoms with E-state index < -0.39 is 22.0 Å². The highest BCUT2D eigenvalue weighted by Gasteiger charge is 2.24. The first-order valence-electron chi connectivity index (χ1n) is 7.81. The molecular weight excluding hydrogens is 344 g/mol. The molecule has 2 rings (SSSR count). The van der Waals surface area contributed by atoms with Crippen LogP contribution in [0.5, 0.6) is 0 Å². The summed E-state index contributed by atoms with van der Waals surface area (Å²) in [6.45, 7) is 3.49. The number of sulfonamides is 1. The molecule has 136 valence electrons. The van der Waals surface area contributed by atoms with Crippen molar-refractivity contribution in [3.63, 3.8) is 0 Å². The highest BCUT2D eigenvalue weighted by Crippen LogP contribution is 2.18. The lowest BCUT2D eigenvalue weighted by molar-refractivity contribution is 0.0901. The van der Waals surface area contributed by atoms with Gasteiger partial charge >= 0.3 is 0 Å². The molecule has 8 heteroatoms. The zero-order valence-corrected chi connectivity index (χ0v) is 15.2. The molecule has 1 aromatic carbocycles. The van der Waals surface area contributed by atoms with Crippen LogP contribution in [0.2, 0.25) is 0 Å². The summed E-state index contributed by atoms with van der Waals surface area (Å²) in [5.41, 5.74) is 0.199. The molecule has 0 spiro atoms. The van der Waals surface area contributed by atoms with Gasteiger partial charge in [0.2, 0.25) is 10.0 Å². The summed E-state index contributed by atoms with van der Waals surface area (Å²) in [4.78, 5) is 12.3. The van der Waals surface area contributed by atoms with Gasteiger partial charge in [0.1, 0.15) is 11.9 Å². The predicted molar refractivity (Wildman–Crippen MR) is 92.5 cm³/mol. The minimum absolute atomic E-state index is 0.0444. The third kappa shape index (κ3) is 4.47. The summed E-state index contributed by atoms with van der Waals surface area (Å²) in [6, 6.07) is 8.84. The Bertz CT molecular complexity index is 815. The number of aliphatic hydroxyl groups is 1. The molecule has 0 radical (unpaired) electrons. The van der Waals surface area contributed by atoms with Crippen LogP contribution in [0.4, 0.5) is 0 Å². The van der Waals surface area contributed by atoms with Crippen molar-refractivity contribution >= 4 is 15.9 Å². The van der Waals surface area contributed by atoms with E-state index in [-0.39, 0.29) is 23.0 Å². The Morgan fingerprint density at radius 1 is 1.28 bits per heavy atom. The summed E-state index contributed by atoms with van der Waals surface area (Å²) in [7, 11) is -2.18. The van der Waals surface area contributed by atoms with Crippen LogP contribution < -0.4 is 5.32 Å². The van der Waals surface area contributed by atoms with Gasteiger partial charge in [-0.1, -0.05) is 6.07 Å². The van der Waals surface area contributed by atoms with E-state index in [1.807, 2.05) is 0 Å². The van der Waals surface area contributed by atoms with E-state index in [1.165, 1.54) is 41.9 Å². The molecular formula is C17H22N2O5S. The van der Waals surface area contributed by atoms with E-state index in [0.29, 0.717) is 5.76 Å². The number of furan rings is 1. The first-order valence-corrected chi connectivity index (χ1v) is 9.25. The molecule has 0 bridgehead atoms. The Balaban J connectivity index is 2.11. The van der Waals surface area contributed by atoms with Crippen LogP contribution >= 0.6 is 0 Å². The SMILES string of the molecule is CC(C)N(C)S(=O)(=O)c1cccc(C(=O)NCC(O)c2ccco2)c1. The molecule has 0 saturated carbocycles. The summed E-state index contributed by atoms with van der Waals surface area (Å²) in [6.07, 6.45) is 0.456. The van der Waals surface area contributed by atoms with E-state index >= 15 is 0 Å². The van der Waals surface area contributed by atoms with Crippen molar-refractivity contribution in [1.29, 1.82) is 0 Å². The highest BCUT2D eigenvalue weighted by molar-refractivity contribution is 7.89. The molecule has 1 atom stereocenters. The average Bonchev–Trinajstić information content (AvgIpc) is 3.13. The molecule has 0 aliphatic heterocycles. The molecule has 1 aromatic heterocycles. The Labute approximate surface area is 147 Å². The van der Waals surface area contributed by atoms with Crippen LogP contribution in [0.1, 0.15) is 36.1 Å². The Hall–Kier alpha value is -2.16. The number of nitrogens with zero attached hydrogens (tertiary/aromatic N) is 1. The van der Waals surface area contributed by atoms with Gasteiger partial charge in [-0.2, -0.15) is 4.31 Å². The van der Waals surface area contributed by atoms with Crippen LogP contribution in [-0.2, 0) is 10.0 Å². The zero-order valence-electron chi connectivity index (χ0n) is 14.3. The van der Waals surface area contributed by atoms with Crippen molar-refractivity contribution in [1.82, 2.24) is 9.62 Å². The van der Waals surface area contributed by atoms with E-state index in [4.69, 9.17) is 4.42 Å². The largest absolute Gasteiger partial charge is 0.467 e. The number of hydrogen-bond acceptors (Lipinski definition) is 5. The third-order valence-corrected chi connectivity index (χ3v) is 5.86. The Morgan fingerprint density at radius 3 is 2.60 bits per heavy atom. The van der Waals surface area contributed by atoms with Crippen molar-refractivity contribution in [2.75, 3.05) is 13.6 Å². The van der Waals surface area contributed by atoms with Gasteiger partial charge < -0.3 is 14.8 Å². The second-order valence-electron chi connectivity index (χ2n) is 5.88. The molecule has 0 aliphatic rings. The maximum absolute atomic E-state index is 12.5. The van der Waals surface area contributed by atoms with Crippen LogP contribution in [-0.4, -0.2) is 43.4 Å². The van der Waals surface area contributed by atoms with Crippen LogP contribution in [0.15, 0.2) is 52.0 Å².